The van der Waals surface area contributed by atoms with Gasteiger partial charge in [-0.05, 0) is 37.0 Å². The third-order valence-electron chi connectivity index (χ3n) is 4.12. The number of aromatic hydroxyl groups is 1. The molecule has 1 aromatic carbocycles. The van der Waals surface area contributed by atoms with Crippen LogP contribution in [0.15, 0.2) is 28.8 Å². The molecular weight excluding hydrogens is 268 g/mol. The summed E-state index contributed by atoms with van der Waals surface area (Å²) in [7, 11) is 1.70. The highest BCUT2D eigenvalue weighted by atomic mass is 16.5. The lowest BCUT2D eigenvalue weighted by atomic mass is 9.85. The molecule has 5 heteroatoms. The Labute approximate surface area is 123 Å². The molecule has 1 unspecified atom stereocenters. The number of ether oxygens (including phenoxy) is 1. The van der Waals surface area contributed by atoms with E-state index >= 15 is 0 Å². The Bertz CT molecular complexity index is 591. The summed E-state index contributed by atoms with van der Waals surface area (Å²) in [6, 6.07) is 6.81. The van der Waals surface area contributed by atoms with Crippen molar-refractivity contribution in [1.29, 1.82) is 0 Å². The minimum Gasteiger partial charge on any atom is -0.508 e. The second-order valence-electron chi connectivity index (χ2n) is 5.56. The first-order valence-corrected chi connectivity index (χ1v) is 7.43. The van der Waals surface area contributed by atoms with Crippen LogP contribution in [0.5, 0.6) is 5.75 Å². The first-order chi connectivity index (χ1) is 10.3. The van der Waals surface area contributed by atoms with Crippen LogP contribution in [0.1, 0.15) is 44.0 Å². The Morgan fingerprint density at radius 3 is 2.81 bits per heavy atom. The molecule has 0 spiro atoms. The van der Waals surface area contributed by atoms with Crippen molar-refractivity contribution in [2.24, 2.45) is 5.92 Å². The predicted molar refractivity (Wildman–Crippen MR) is 77.7 cm³/mol. The van der Waals surface area contributed by atoms with Gasteiger partial charge in [-0.1, -0.05) is 30.5 Å². The third kappa shape index (κ3) is 3.08. The monoisotopic (exact) mass is 288 g/mol. The number of nitrogens with zero attached hydrogens (tertiary/aromatic N) is 2. The van der Waals surface area contributed by atoms with E-state index in [0.717, 1.165) is 12.8 Å². The molecule has 1 N–H and O–H groups in total. The van der Waals surface area contributed by atoms with Crippen molar-refractivity contribution in [2.45, 2.75) is 38.2 Å². The molecule has 1 aliphatic carbocycles. The molecule has 0 bridgehead atoms. The maximum atomic E-state index is 9.53. The average molecular weight is 288 g/mol. The lowest BCUT2D eigenvalue weighted by Gasteiger charge is -2.26. The number of hydrogen-bond acceptors (Lipinski definition) is 5. The minimum absolute atomic E-state index is 0.111. The zero-order valence-corrected chi connectivity index (χ0v) is 12.2. The molecule has 2 aromatic rings. The fourth-order valence-corrected chi connectivity index (χ4v) is 3.05. The molecule has 5 nitrogen and oxygen atoms in total. The number of phenolic OH excluding ortho intramolecular Hbond substituents is 1. The molecule has 1 heterocycles. The number of hydrogen-bond donors (Lipinski definition) is 1. The van der Waals surface area contributed by atoms with Crippen LogP contribution in [0, 0.1) is 5.92 Å². The number of phenols is 1. The molecule has 0 radical (unpaired) electrons. The summed E-state index contributed by atoms with van der Waals surface area (Å²) in [5.41, 5.74) is 0.715. The molecule has 1 saturated carbocycles. The van der Waals surface area contributed by atoms with E-state index in [-0.39, 0.29) is 11.9 Å². The summed E-state index contributed by atoms with van der Waals surface area (Å²) in [6.45, 7) is 0. The standard InChI is InChI=1S/C16H20N2O3/c1-20-14(11-6-3-2-4-7-11)15-17-16(21-18-15)12-8-5-9-13(19)10-12/h5,8-11,14,19H,2-4,6-7H2,1H3. The molecule has 21 heavy (non-hydrogen) atoms. The van der Waals surface area contributed by atoms with Gasteiger partial charge < -0.3 is 14.4 Å². The summed E-state index contributed by atoms with van der Waals surface area (Å²) in [4.78, 5) is 4.45. The third-order valence-corrected chi connectivity index (χ3v) is 4.12. The van der Waals surface area contributed by atoms with E-state index in [1.54, 1.807) is 25.3 Å². The second-order valence-corrected chi connectivity index (χ2v) is 5.56. The van der Waals surface area contributed by atoms with Crippen molar-refractivity contribution in [3.05, 3.63) is 30.1 Å². The minimum atomic E-state index is -0.111. The van der Waals surface area contributed by atoms with Crippen LogP contribution < -0.4 is 0 Å². The Morgan fingerprint density at radius 2 is 2.10 bits per heavy atom. The molecule has 1 atom stereocenters. The smallest absolute Gasteiger partial charge is 0.258 e. The number of rotatable bonds is 4. The van der Waals surface area contributed by atoms with Crippen LogP contribution in [0.2, 0.25) is 0 Å². The van der Waals surface area contributed by atoms with Gasteiger partial charge in [-0.15, -0.1) is 0 Å². The summed E-state index contributed by atoms with van der Waals surface area (Å²) in [5, 5.41) is 13.6. The van der Waals surface area contributed by atoms with Gasteiger partial charge >= 0.3 is 0 Å². The Balaban J connectivity index is 1.82. The number of aromatic nitrogens is 2. The Hall–Kier alpha value is -1.88. The van der Waals surface area contributed by atoms with Gasteiger partial charge in [0.25, 0.3) is 5.89 Å². The second kappa shape index (κ2) is 6.26. The molecule has 1 aromatic heterocycles. The Kier molecular flexibility index (Phi) is 4.20. The highest BCUT2D eigenvalue weighted by Gasteiger charge is 2.29. The van der Waals surface area contributed by atoms with Crippen molar-refractivity contribution < 1.29 is 14.4 Å². The molecule has 1 fully saturated rings. The molecular formula is C16H20N2O3. The van der Waals surface area contributed by atoms with Crippen molar-refractivity contribution in [2.75, 3.05) is 7.11 Å². The molecule has 3 rings (SSSR count). The molecule has 112 valence electrons. The van der Waals surface area contributed by atoms with E-state index in [1.807, 2.05) is 6.07 Å². The maximum absolute atomic E-state index is 9.53. The van der Waals surface area contributed by atoms with E-state index in [4.69, 9.17) is 9.26 Å². The molecule has 1 aliphatic rings. The fourth-order valence-electron chi connectivity index (χ4n) is 3.05. The van der Waals surface area contributed by atoms with Crippen molar-refractivity contribution in [3.63, 3.8) is 0 Å². The van der Waals surface area contributed by atoms with E-state index in [0.29, 0.717) is 23.2 Å². The maximum Gasteiger partial charge on any atom is 0.258 e. The summed E-state index contributed by atoms with van der Waals surface area (Å²) < 4.78 is 10.9. The van der Waals surface area contributed by atoms with Crippen LogP contribution in [0.4, 0.5) is 0 Å². The largest absolute Gasteiger partial charge is 0.508 e. The quantitative estimate of drug-likeness (QED) is 0.928. The highest BCUT2D eigenvalue weighted by Crippen LogP contribution is 2.36. The van der Waals surface area contributed by atoms with Gasteiger partial charge in [0.05, 0.1) is 0 Å². The summed E-state index contributed by atoms with van der Waals surface area (Å²) >= 11 is 0. The molecule has 0 amide bonds. The van der Waals surface area contributed by atoms with E-state index in [2.05, 4.69) is 10.1 Å². The highest BCUT2D eigenvalue weighted by molar-refractivity contribution is 5.55. The number of benzene rings is 1. The SMILES string of the molecule is COC(c1noc(-c2cccc(O)c2)n1)C1CCCCC1. The van der Waals surface area contributed by atoms with Gasteiger partial charge in [-0.2, -0.15) is 4.98 Å². The van der Waals surface area contributed by atoms with E-state index in [1.165, 1.54) is 19.3 Å². The van der Waals surface area contributed by atoms with Crippen LogP contribution in [0.3, 0.4) is 0 Å². The zero-order valence-electron chi connectivity index (χ0n) is 12.2. The van der Waals surface area contributed by atoms with Gasteiger partial charge in [-0.3, -0.25) is 0 Å². The van der Waals surface area contributed by atoms with E-state index in [9.17, 15) is 5.11 Å². The van der Waals surface area contributed by atoms with Crippen molar-refractivity contribution in [3.8, 4) is 17.2 Å². The molecule has 0 aliphatic heterocycles. The first-order valence-electron chi connectivity index (χ1n) is 7.43. The zero-order chi connectivity index (χ0) is 14.7. The lowest BCUT2D eigenvalue weighted by Crippen LogP contribution is -2.19. The van der Waals surface area contributed by atoms with E-state index < -0.39 is 0 Å². The predicted octanol–water partition coefficient (Wildman–Crippen LogP) is 3.71. The van der Waals surface area contributed by atoms with Crippen molar-refractivity contribution in [1.82, 2.24) is 10.1 Å². The van der Waals surface area contributed by atoms with Gasteiger partial charge in [0.1, 0.15) is 11.9 Å². The van der Waals surface area contributed by atoms with Crippen molar-refractivity contribution >= 4 is 0 Å². The van der Waals surface area contributed by atoms with Gasteiger partial charge in [0, 0.05) is 12.7 Å². The number of methoxy groups -OCH3 is 1. The van der Waals surface area contributed by atoms with Crippen LogP contribution >= 0.6 is 0 Å². The van der Waals surface area contributed by atoms with Gasteiger partial charge in [0.2, 0.25) is 5.82 Å². The van der Waals surface area contributed by atoms with Crippen LogP contribution in [-0.4, -0.2) is 22.4 Å². The summed E-state index contributed by atoms with van der Waals surface area (Å²) in [5.74, 6) is 1.66. The molecule has 0 saturated heterocycles. The van der Waals surface area contributed by atoms with Crippen LogP contribution in [0.25, 0.3) is 11.5 Å². The van der Waals surface area contributed by atoms with Crippen LogP contribution in [-0.2, 0) is 4.74 Å². The fraction of sp³-hybridized carbons (Fsp3) is 0.500. The topological polar surface area (TPSA) is 68.4 Å². The van der Waals surface area contributed by atoms with Gasteiger partial charge in [-0.25, -0.2) is 0 Å². The average Bonchev–Trinajstić information content (AvgIpc) is 2.99. The van der Waals surface area contributed by atoms with Gasteiger partial charge in [0.15, 0.2) is 0 Å². The normalized spacial score (nSPS) is 17.8. The summed E-state index contributed by atoms with van der Waals surface area (Å²) in [6.07, 6.45) is 5.96. The Morgan fingerprint density at radius 1 is 1.29 bits per heavy atom. The lowest BCUT2D eigenvalue weighted by molar-refractivity contribution is 0.0274. The first kappa shape index (κ1) is 14.1.